The number of nitrogens with one attached hydrogen (secondary N) is 1. The number of fused-ring (bicyclic) bond motifs is 1. The molecular formula is C14H12ClN3O. The highest BCUT2D eigenvalue weighted by Gasteiger charge is 2.14. The van der Waals surface area contributed by atoms with Crippen molar-refractivity contribution in [3.63, 3.8) is 0 Å². The van der Waals surface area contributed by atoms with Gasteiger partial charge in [0.05, 0.1) is 0 Å². The van der Waals surface area contributed by atoms with Crippen LogP contribution in [0.5, 0.6) is 0 Å². The van der Waals surface area contributed by atoms with Crippen LogP contribution in [0.15, 0.2) is 30.3 Å². The summed E-state index contributed by atoms with van der Waals surface area (Å²) in [6, 6.07) is 9.06. The standard InChI is InChI=1S/C14H12ClN3O/c15-12-6-7-13(18-17-12)16-14(19)11-5-4-9-2-1-3-10(9)8-11/h4-8H,1-3H2,(H,16,18,19). The number of aromatic nitrogens is 2. The molecule has 1 aromatic carbocycles. The quantitative estimate of drug-likeness (QED) is 0.915. The summed E-state index contributed by atoms with van der Waals surface area (Å²) in [5.41, 5.74) is 3.27. The van der Waals surface area contributed by atoms with E-state index in [-0.39, 0.29) is 5.91 Å². The third-order valence-corrected chi connectivity index (χ3v) is 3.44. The van der Waals surface area contributed by atoms with E-state index in [9.17, 15) is 4.79 Å². The van der Waals surface area contributed by atoms with Gasteiger partial charge in [0.25, 0.3) is 5.91 Å². The molecule has 1 aliphatic rings. The third-order valence-electron chi connectivity index (χ3n) is 3.23. The Morgan fingerprint density at radius 3 is 2.74 bits per heavy atom. The second-order valence-electron chi connectivity index (χ2n) is 4.53. The van der Waals surface area contributed by atoms with Gasteiger partial charge in [-0.05, 0) is 54.7 Å². The average Bonchev–Trinajstić information content (AvgIpc) is 2.88. The topological polar surface area (TPSA) is 54.9 Å². The van der Waals surface area contributed by atoms with Crippen LogP contribution < -0.4 is 5.32 Å². The molecule has 0 radical (unpaired) electrons. The second-order valence-corrected chi connectivity index (χ2v) is 4.92. The highest BCUT2D eigenvalue weighted by atomic mass is 35.5. The molecule has 0 aliphatic heterocycles. The van der Waals surface area contributed by atoms with Crippen molar-refractivity contribution in [1.29, 1.82) is 0 Å². The summed E-state index contributed by atoms with van der Waals surface area (Å²) in [5.74, 6) is 0.223. The van der Waals surface area contributed by atoms with Gasteiger partial charge in [-0.25, -0.2) is 0 Å². The van der Waals surface area contributed by atoms with Gasteiger partial charge in [0.1, 0.15) is 0 Å². The number of hydrogen-bond donors (Lipinski definition) is 1. The molecule has 0 saturated carbocycles. The van der Waals surface area contributed by atoms with Gasteiger partial charge in [0.2, 0.25) is 0 Å². The Morgan fingerprint density at radius 1 is 1.11 bits per heavy atom. The van der Waals surface area contributed by atoms with Gasteiger partial charge in [0, 0.05) is 5.56 Å². The fraction of sp³-hybridized carbons (Fsp3) is 0.214. The largest absolute Gasteiger partial charge is 0.305 e. The van der Waals surface area contributed by atoms with E-state index in [2.05, 4.69) is 15.5 Å². The summed E-state index contributed by atoms with van der Waals surface area (Å²) < 4.78 is 0. The highest BCUT2D eigenvalue weighted by Crippen LogP contribution is 2.23. The molecule has 2 aromatic rings. The Morgan fingerprint density at radius 2 is 1.95 bits per heavy atom. The molecule has 4 nitrogen and oxygen atoms in total. The second kappa shape index (κ2) is 4.97. The molecule has 3 rings (SSSR count). The van der Waals surface area contributed by atoms with Crippen molar-refractivity contribution < 1.29 is 4.79 Å². The van der Waals surface area contributed by atoms with Crippen molar-refractivity contribution in [1.82, 2.24) is 10.2 Å². The average molecular weight is 274 g/mol. The summed E-state index contributed by atoms with van der Waals surface area (Å²) in [5, 5.41) is 10.5. The van der Waals surface area contributed by atoms with Crippen LogP contribution in [0.4, 0.5) is 5.82 Å². The molecule has 0 saturated heterocycles. The minimum atomic E-state index is -0.175. The minimum Gasteiger partial charge on any atom is -0.305 e. The molecule has 0 unspecified atom stereocenters. The lowest BCUT2D eigenvalue weighted by atomic mass is 10.1. The molecule has 0 bridgehead atoms. The van der Waals surface area contributed by atoms with Crippen LogP contribution in [0.3, 0.4) is 0 Å². The Hall–Kier alpha value is -1.94. The third kappa shape index (κ3) is 2.58. The van der Waals surface area contributed by atoms with Crippen LogP contribution in [0.2, 0.25) is 5.15 Å². The van der Waals surface area contributed by atoms with E-state index in [4.69, 9.17) is 11.6 Å². The van der Waals surface area contributed by atoms with Gasteiger partial charge in [0.15, 0.2) is 11.0 Å². The summed E-state index contributed by atoms with van der Waals surface area (Å²) in [7, 11) is 0. The van der Waals surface area contributed by atoms with Gasteiger partial charge in [-0.1, -0.05) is 17.7 Å². The normalized spacial score (nSPS) is 13.1. The van der Waals surface area contributed by atoms with Crippen LogP contribution >= 0.6 is 11.6 Å². The van der Waals surface area contributed by atoms with Gasteiger partial charge < -0.3 is 5.32 Å². The van der Waals surface area contributed by atoms with Crippen LogP contribution in [-0.2, 0) is 12.8 Å². The first-order valence-electron chi connectivity index (χ1n) is 6.15. The number of benzene rings is 1. The van der Waals surface area contributed by atoms with Crippen molar-refractivity contribution in [2.24, 2.45) is 0 Å². The minimum absolute atomic E-state index is 0.175. The predicted molar refractivity (Wildman–Crippen MR) is 73.5 cm³/mol. The summed E-state index contributed by atoms with van der Waals surface area (Å²) in [4.78, 5) is 12.1. The first-order chi connectivity index (χ1) is 9.22. The fourth-order valence-corrected chi connectivity index (χ4v) is 2.39. The summed E-state index contributed by atoms with van der Waals surface area (Å²) in [6.45, 7) is 0. The number of anilines is 1. The molecule has 0 fully saturated rings. The molecule has 1 heterocycles. The molecule has 1 N–H and O–H groups in total. The van der Waals surface area contributed by atoms with Crippen LogP contribution in [-0.4, -0.2) is 16.1 Å². The number of carbonyl (C=O) groups is 1. The van der Waals surface area contributed by atoms with E-state index in [1.54, 1.807) is 12.1 Å². The highest BCUT2D eigenvalue weighted by molar-refractivity contribution is 6.29. The number of rotatable bonds is 2. The molecule has 0 atom stereocenters. The first-order valence-corrected chi connectivity index (χ1v) is 6.52. The number of carbonyl (C=O) groups excluding carboxylic acids is 1. The number of halogens is 1. The van der Waals surface area contributed by atoms with E-state index in [1.807, 2.05) is 18.2 Å². The number of hydrogen-bond acceptors (Lipinski definition) is 3. The Balaban J connectivity index is 1.78. The first kappa shape index (κ1) is 12.1. The lowest BCUT2D eigenvalue weighted by molar-refractivity contribution is 0.102. The summed E-state index contributed by atoms with van der Waals surface area (Å²) >= 11 is 5.64. The molecule has 1 aliphatic carbocycles. The van der Waals surface area contributed by atoms with E-state index < -0.39 is 0 Å². The Kier molecular flexibility index (Phi) is 3.17. The molecule has 19 heavy (non-hydrogen) atoms. The van der Waals surface area contributed by atoms with Crippen molar-refractivity contribution in [3.8, 4) is 0 Å². The van der Waals surface area contributed by atoms with Gasteiger partial charge in [-0.2, -0.15) is 0 Å². The lowest BCUT2D eigenvalue weighted by Crippen LogP contribution is -2.13. The lowest BCUT2D eigenvalue weighted by Gasteiger charge is -2.06. The number of aryl methyl sites for hydroxylation is 2. The van der Waals surface area contributed by atoms with E-state index in [0.29, 0.717) is 16.5 Å². The van der Waals surface area contributed by atoms with Crippen LogP contribution in [0.25, 0.3) is 0 Å². The Labute approximate surface area is 115 Å². The molecular weight excluding hydrogens is 262 g/mol. The number of nitrogens with zero attached hydrogens (tertiary/aromatic N) is 2. The molecule has 1 amide bonds. The van der Waals surface area contributed by atoms with Crippen molar-refractivity contribution in [3.05, 3.63) is 52.2 Å². The van der Waals surface area contributed by atoms with E-state index >= 15 is 0 Å². The van der Waals surface area contributed by atoms with Crippen molar-refractivity contribution in [2.45, 2.75) is 19.3 Å². The maximum atomic E-state index is 12.1. The predicted octanol–water partition coefficient (Wildman–Crippen LogP) is 2.87. The molecule has 5 heteroatoms. The monoisotopic (exact) mass is 273 g/mol. The maximum absolute atomic E-state index is 12.1. The SMILES string of the molecule is O=C(Nc1ccc(Cl)nn1)c1ccc2c(c1)CCC2. The fourth-order valence-electron chi connectivity index (χ4n) is 2.28. The zero-order valence-corrected chi connectivity index (χ0v) is 10.9. The van der Waals surface area contributed by atoms with Crippen molar-refractivity contribution >= 4 is 23.3 Å². The van der Waals surface area contributed by atoms with Gasteiger partial charge in [-0.15, -0.1) is 10.2 Å². The maximum Gasteiger partial charge on any atom is 0.256 e. The van der Waals surface area contributed by atoms with Crippen molar-refractivity contribution in [2.75, 3.05) is 5.32 Å². The molecule has 1 aromatic heterocycles. The Bertz CT molecular complexity index is 625. The summed E-state index contributed by atoms with van der Waals surface area (Å²) in [6.07, 6.45) is 3.33. The zero-order chi connectivity index (χ0) is 13.2. The molecule has 0 spiro atoms. The number of amides is 1. The van der Waals surface area contributed by atoms with Gasteiger partial charge in [-0.3, -0.25) is 4.79 Å². The molecule has 96 valence electrons. The van der Waals surface area contributed by atoms with Gasteiger partial charge >= 0.3 is 0 Å². The zero-order valence-electron chi connectivity index (χ0n) is 10.2. The van der Waals surface area contributed by atoms with E-state index in [0.717, 1.165) is 12.8 Å². The van der Waals surface area contributed by atoms with E-state index in [1.165, 1.54) is 17.5 Å². The van der Waals surface area contributed by atoms with Crippen LogP contribution in [0.1, 0.15) is 27.9 Å². The van der Waals surface area contributed by atoms with Crippen LogP contribution in [0, 0.1) is 0 Å². The smallest absolute Gasteiger partial charge is 0.256 e.